The number of nitrogens with two attached hydrogens (primary N) is 1. The second-order valence-electron chi connectivity index (χ2n) is 4.10. The minimum atomic E-state index is 0.436. The molecule has 3 nitrogen and oxygen atoms in total. The summed E-state index contributed by atoms with van der Waals surface area (Å²) in [5, 5.41) is 0. The van der Waals surface area contributed by atoms with E-state index in [4.69, 9.17) is 5.73 Å². The van der Waals surface area contributed by atoms with Crippen molar-refractivity contribution in [3.05, 3.63) is 47.3 Å². The van der Waals surface area contributed by atoms with Gasteiger partial charge in [-0.25, -0.2) is 0 Å². The van der Waals surface area contributed by atoms with E-state index in [1.807, 2.05) is 26.0 Å². The molecule has 0 bridgehead atoms. The average Bonchev–Trinajstić information content (AvgIpc) is 2.35. The quantitative estimate of drug-likeness (QED) is 0.632. The summed E-state index contributed by atoms with van der Waals surface area (Å²) in [6, 6.07) is 7.58. The molecule has 17 heavy (non-hydrogen) atoms. The summed E-state index contributed by atoms with van der Waals surface area (Å²) >= 11 is 0. The van der Waals surface area contributed by atoms with E-state index < -0.39 is 0 Å². The molecule has 0 aliphatic carbocycles. The Bertz CT molecular complexity index is 536. The van der Waals surface area contributed by atoms with Crippen molar-refractivity contribution in [3.8, 4) is 11.1 Å². The van der Waals surface area contributed by atoms with Crippen molar-refractivity contribution in [2.75, 3.05) is 5.73 Å². The maximum Gasteiger partial charge on any atom is 0.168 e. The zero-order valence-corrected chi connectivity index (χ0v) is 9.90. The number of aryl methyl sites for hydroxylation is 1. The van der Waals surface area contributed by atoms with Crippen molar-refractivity contribution in [1.82, 2.24) is 4.98 Å². The van der Waals surface area contributed by atoms with Gasteiger partial charge in [0.05, 0.1) is 0 Å². The van der Waals surface area contributed by atoms with Crippen LogP contribution in [0.2, 0.25) is 0 Å². The Hall–Kier alpha value is -2.16. The van der Waals surface area contributed by atoms with Crippen LogP contribution in [0.1, 0.15) is 21.6 Å². The van der Waals surface area contributed by atoms with E-state index in [0.717, 1.165) is 34.2 Å². The molecule has 86 valence electrons. The largest absolute Gasteiger partial charge is 0.398 e. The Balaban J connectivity index is 2.49. The lowest BCUT2D eigenvalue weighted by atomic mass is 10.00. The third-order valence-electron chi connectivity index (χ3n) is 2.95. The number of benzene rings is 1. The van der Waals surface area contributed by atoms with Gasteiger partial charge in [0.2, 0.25) is 0 Å². The van der Waals surface area contributed by atoms with Crippen molar-refractivity contribution in [2.24, 2.45) is 0 Å². The zero-order valence-electron chi connectivity index (χ0n) is 9.90. The fraction of sp³-hybridized carbons (Fsp3) is 0.143. The first-order valence-corrected chi connectivity index (χ1v) is 5.40. The Kier molecular flexibility index (Phi) is 2.91. The molecule has 2 rings (SSSR count). The van der Waals surface area contributed by atoms with Crippen LogP contribution in [-0.2, 0) is 0 Å². The van der Waals surface area contributed by atoms with Gasteiger partial charge in [0.1, 0.15) is 5.69 Å². The number of nitrogens with zero attached hydrogens (tertiary/aromatic N) is 1. The SMILES string of the molecule is Cc1cc(-c2ccc(C=O)nc2)cc(N)c1C. The molecular weight excluding hydrogens is 212 g/mol. The second kappa shape index (κ2) is 4.37. The van der Waals surface area contributed by atoms with Gasteiger partial charge in [-0.2, -0.15) is 0 Å². The zero-order chi connectivity index (χ0) is 12.4. The highest BCUT2D eigenvalue weighted by Crippen LogP contribution is 2.26. The number of hydrogen-bond acceptors (Lipinski definition) is 3. The Morgan fingerprint density at radius 3 is 2.47 bits per heavy atom. The number of aldehydes is 1. The number of rotatable bonds is 2. The monoisotopic (exact) mass is 226 g/mol. The summed E-state index contributed by atoms with van der Waals surface area (Å²) in [7, 11) is 0. The summed E-state index contributed by atoms with van der Waals surface area (Å²) < 4.78 is 0. The first-order valence-electron chi connectivity index (χ1n) is 5.40. The summed E-state index contributed by atoms with van der Waals surface area (Å²) in [6.07, 6.45) is 2.42. The van der Waals surface area contributed by atoms with E-state index in [0.29, 0.717) is 5.69 Å². The minimum Gasteiger partial charge on any atom is -0.398 e. The molecule has 0 atom stereocenters. The number of aromatic nitrogens is 1. The van der Waals surface area contributed by atoms with Crippen molar-refractivity contribution in [2.45, 2.75) is 13.8 Å². The topological polar surface area (TPSA) is 56.0 Å². The van der Waals surface area contributed by atoms with Gasteiger partial charge in [-0.15, -0.1) is 0 Å². The fourth-order valence-electron chi connectivity index (χ4n) is 1.70. The number of hydrogen-bond donors (Lipinski definition) is 1. The molecular formula is C14H14N2O. The van der Waals surface area contributed by atoms with Crippen LogP contribution in [-0.4, -0.2) is 11.3 Å². The number of carbonyl (C=O) groups is 1. The maximum absolute atomic E-state index is 10.5. The van der Waals surface area contributed by atoms with Crippen LogP contribution in [0.25, 0.3) is 11.1 Å². The average molecular weight is 226 g/mol. The van der Waals surface area contributed by atoms with Crippen molar-refractivity contribution in [1.29, 1.82) is 0 Å². The summed E-state index contributed by atoms with van der Waals surface area (Å²) in [5.74, 6) is 0. The van der Waals surface area contributed by atoms with Crippen molar-refractivity contribution < 1.29 is 4.79 Å². The predicted molar refractivity (Wildman–Crippen MR) is 68.9 cm³/mol. The number of pyridine rings is 1. The van der Waals surface area contributed by atoms with Crippen molar-refractivity contribution >= 4 is 12.0 Å². The third kappa shape index (κ3) is 2.18. The molecule has 0 saturated heterocycles. The molecule has 2 N–H and O–H groups in total. The van der Waals surface area contributed by atoms with Gasteiger partial charge in [-0.05, 0) is 42.7 Å². The number of nitrogen functional groups attached to an aromatic ring is 1. The number of anilines is 1. The standard InChI is InChI=1S/C14H14N2O/c1-9-5-12(6-14(15)10(9)2)11-3-4-13(8-17)16-7-11/h3-8H,15H2,1-2H3. The molecule has 1 aromatic heterocycles. The lowest BCUT2D eigenvalue weighted by Gasteiger charge is -2.08. The molecule has 0 amide bonds. The highest BCUT2D eigenvalue weighted by atomic mass is 16.1. The van der Waals surface area contributed by atoms with E-state index in [2.05, 4.69) is 11.1 Å². The molecule has 0 radical (unpaired) electrons. The minimum absolute atomic E-state index is 0.436. The smallest absolute Gasteiger partial charge is 0.168 e. The van der Waals surface area contributed by atoms with Crippen LogP contribution in [0.3, 0.4) is 0 Å². The summed E-state index contributed by atoms with van der Waals surface area (Å²) in [5.41, 5.74) is 11.4. The predicted octanol–water partition coefficient (Wildman–Crippen LogP) is 2.76. The molecule has 0 fully saturated rings. The highest BCUT2D eigenvalue weighted by molar-refractivity contribution is 5.75. The highest BCUT2D eigenvalue weighted by Gasteiger charge is 2.04. The Morgan fingerprint density at radius 2 is 1.94 bits per heavy atom. The lowest BCUT2D eigenvalue weighted by Crippen LogP contribution is -1.94. The van der Waals surface area contributed by atoms with E-state index in [9.17, 15) is 4.79 Å². The Labute approximate surface area is 100 Å². The van der Waals surface area contributed by atoms with Crippen LogP contribution in [0.5, 0.6) is 0 Å². The first-order chi connectivity index (χ1) is 8.11. The fourth-order valence-corrected chi connectivity index (χ4v) is 1.70. The van der Waals surface area contributed by atoms with E-state index in [1.54, 1.807) is 12.3 Å². The molecule has 0 unspecified atom stereocenters. The molecule has 0 aliphatic heterocycles. The molecule has 0 spiro atoms. The van der Waals surface area contributed by atoms with Crippen molar-refractivity contribution in [3.63, 3.8) is 0 Å². The second-order valence-corrected chi connectivity index (χ2v) is 4.10. The van der Waals surface area contributed by atoms with E-state index >= 15 is 0 Å². The van der Waals surface area contributed by atoms with Gasteiger partial charge < -0.3 is 5.73 Å². The molecule has 2 aromatic rings. The molecule has 3 heteroatoms. The molecule has 1 aromatic carbocycles. The summed E-state index contributed by atoms with van der Waals surface area (Å²) in [6.45, 7) is 4.03. The lowest BCUT2D eigenvalue weighted by molar-refractivity contribution is 0.111. The maximum atomic E-state index is 10.5. The van der Waals surface area contributed by atoms with Gasteiger partial charge >= 0.3 is 0 Å². The van der Waals surface area contributed by atoms with Crippen LogP contribution >= 0.6 is 0 Å². The van der Waals surface area contributed by atoms with Crippen LogP contribution < -0.4 is 5.73 Å². The van der Waals surface area contributed by atoms with E-state index in [1.165, 1.54) is 0 Å². The van der Waals surface area contributed by atoms with Crippen LogP contribution in [0.4, 0.5) is 5.69 Å². The molecule has 0 aliphatic rings. The van der Waals surface area contributed by atoms with Gasteiger partial charge in [-0.1, -0.05) is 12.1 Å². The third-order valence-corrected chi connectivity index (χ3v) is 2.95. The van der Waals surface area contributed by atoms with Gasteiger partial charge in [0.15, 0.2) is 6.29 Å². The van der Waals surface area contributed by atoms with Gasteiger partial charge in [0, 0.05) is 17.4 Å². The Morgan fingerprint density at radius 1 is 1.18 bits per heavy atom. The van der Waals surface area contributed by atoms with Gasteiger partial charge in [0.25, 0.3) is 0 Å². The number of carbonyl (C=O) groups excluding carboxylic acids is 1. The van der Waals surface area contributed by atoms with Crippen LogP contribution in [0, 0.1) is 13.8 Å². The first kappa shape index (κ1) is 11.3. The van der Waals surface area contributed by atoms with E-state index in [-0.39, 0.29) is 0 Å². The molecule has 1 heterocycles. The molecule has 0 saturated carbocycles. The van der Waals surface area contributed by atoms with Gasteiger partial charge in [-0.3, -0.25) is 9.78 Å². The normalized spacial score (nSPS) is 10.2. The van der Waals surface area contributed by atoms with Crippen LogP contribution in [0.15, 0.2) is 30.5 Å². The summed E-state index contributed by atoms with van der Waals surface area (Å²) in [4.78, 5) is 14.6.